The fourth-order valence-corrected chi connectivity index (χ4v) is 2.02. The summed E-state index contributed by atoms with van der Waals surface area (Å²) in [5, 5.41) is 3.82. The number of hydrazone groups is 1. The van der Waals surface area contributed by atoms with E-state index >= 15 is 0 Å². The van der Waals surface area contributed by atoms with Crippen LogP contribution in [-0.4, -0.2) is 25.5 Å². The highest BCUT2D eigenvalue weighted by Crippen LogP contribution is 2.32. The normalized spacial score (nSPS) is 12.7. The Balaban J connectivity index is 1.42. The average Bonchev–Trinajstić information content (AvgIpc) is 3.08. The van der Waals surface area contributed by atoms with E-state index in [4.69, 9.17) is 14.2 Å². The predicted molar refractivity (Wildman–Crippen MR) is 90.2 cm³/mol. The molecule has 2 aromatic carbocycles. The number of rotatable bonds is 6. The van der Waals surface area contributed by atoms with Gasteiger partial charge in [0.05, 0.1) is 0 Å². The largest absolute Gasteiger partial charge is 0.484 e. The first-order valence-electron chi connectivity index (χ1n) is 7.37. The number of carbonyl (C=O) groups is 1. The lowest BCUT2D eigenvalue weighted by Gasteiger charge is -2.03. The first kappa shape index (κ1) is 15.6. The molecule has 1 heterocycles. The van der Waals surface area contributed by atoms with Crippen LogP contribution < -0.4 is 19.6 Å². The van der Waals surface area contributed by atoms with E-state index in [2.05, 4.69) is 10.5 Å². The Labute approximate surface area is 139 Å². The molecule has 1 aliphatic rings. The van der Waals surface area contributed by atoms with Gasteiger partial charge in [0.2, 0.25) is 6.79 Å². The smallest absolute Gasteiger partial charge is 0.277 e. The molecule has 0 saturated heterocycles. The molecule has 0 aliphatic carbocycles. The first-order valence-corrected chi connectivity index (χ1v) is 7.37. The molecule has 122 valence electrons. The Morgan fingerprint density at radius 2 is 2.00 bits per heavy atom. The molecular formula is C18H16N2O4. The number of fused-ring (bicyclic) bond motifs is 1. The van der Waals surface area contributed by atoms with Gasteiger partial charge in [-0.05, 0) is 35.9 Å². The van der Waals surface area contributed by atoms with Gasteiger partial charge in [0.15, 0.2) is 18.1 Å². The highest BCUT2D eigenvalue weighted by molar-refractivity contribution is 5.82. The molecule has 1 amide bonds. The van der Waals surface area contributed by atoms with E-state index in [1.165, 1.54) is 6.21 Å². The summed E-state index contributed by atoms with van der Waals surface area (Å²) < 4.78 is 15.9. The topological polar surface area (TPSA) is 69.2 Å². The number of amides is 1. The van der Waals surface area contributed by atoms with Crippen molar-refractivity contribution in [3.05, 3.63) is 60.2 Å². The van der Waals surface area contributed by atoms with Crippen LogP contribution in [0.2, 0.25) is 0 Å². The number of hydrogen-bond donors (Lipinski definition) is 1. The van der Waals surface area contributed by atoms with Crippen LogP contribution in [0.4, 0.5) is 0 Å². The molecule has 0 saturated carbocycles. The van der Waals surface area contributed by atoms with Crippen LogP contribution in [0.25, 0.3) is 6.08 Å². The fourth-order valence-electron chi connectivity index (χ4n) is 2.02. The molecule has 3 rings (SSSR count). The second-order valence-corrected chi connectivity index (χ2v) is 4.89. The lowest BCUT2D eigenvalue weighted by Crippen LogP contribution is -2.24. The van der Waals surface area contributed by atoms with Crippen molar-refractivity contribution >= 4 is 18.2 Å². The molecule has 1 N–H and O–H groups in total. The number of carbonyl (C=O) groups excluding carboxylic acids is 1. The Morgan fingerprint density at radius 3 is 2.88 bits per heavy atom. The minimum atomic E-state index is -0.327. The summed E-state index contributed by atoms with van der Waals surface area (Å²) in [6, 6.07) is 14.8. The summed E-state index contributed by atoms with van der Waals surface area (Å²) in [6.07, 6.45) is 5.05. The van der Waals surface area contributed by atoms with Gasteiger partial charge in [-0.25, -0.2) is 5.43 Å². The Bertz CT molecular complexity index is 757. The maximum absolute atomic E-state index is 11.6. The number of nitrogens with one attached hydrogen (secondary N) is 1. The molecule has 0 unspecified atom stereocenters. The van der Waals surface area contributed by atoms with Gasteiger partial charge in [0.1, 0.15) is 5.75 Å². The van der Waals surface area contributed by atoms with E-state index in [0.717, 1.165) is 17.1 Å². The van der Waals surface area contributed by atoms with Crippen molar-refractivity contribution < 1.29 is 19.0 Å². The van der Waals surface area contributed by atoms with Gasteiger partial charge in [-0.2, -0.15) is 5.10 Å². The van der Waals surface area contributed by atoms with Crippen LogP contribution in [0.5, 0.6) is 17.2 Å². The van der Waals surface area contributed by atoms with Gasteiger partial charge in [0.25, 0.3) is 5.91 Å². The number of para-hydroxylation sites is 1. The standard InChI is InChI=1S/C18H16N2O4/c21-18(12-22-15-6-2-1-3-7-15)20-19-10-4-5-14-8-9-16-17(11-14)24-13-23-16/h1-11H,12-13H2,(H,20,21). The van der Waals surface area contributed by atoms with Gasteiger partial charge in [-0.3, -0.25) is 4.79 Å². The van der Waals surface area contributed by atoms with Crippen LogP contribution in [0.3, 0.4) is 0 Å². The Morgan fingerprint density at radius 1 is 1.17 bits per heavy atom. The van der Waals surface area contributed by atoms with Crippen molar-refractivity contribution in [3.63, 3.8) is 0 Å². The summed E-state index contributed by atoms with van der Waals surface area (Å²) >= 11 is 0. The molecule has 2 aromatic rings. The minimum absolute atomic E-state index is 0.0901. The summed E-state index contributed by atoms with van der Waals surface area (Å²) in [5.74, 6) is 1.78. The number of hydrogen-bond acceptors (Lipinski definition) is 5. The fraction of sp³-hybridized carbons (Fsp3) is 0.111. The van der Waals surface area contributed by atoms with Crippen LogP contribution in [0.15, 0.2) is 59.7 Å². The zero-order valence-electron chi connectivity index (χ0n) is 12.8. The quantitative estimate of drug-likeness (QED) is 0.655. The number of ether oxygens (including phenoxy) is 3. The lowest BCUT2D eigenvalue weighted by molar-refractivity contribution is -0.123. The molecule has 6 heteroatoms. The minimum Gasteiger partial charge on any atom is -0.484 e. The molecule has 0 atom stereocenters. The number of benzene rings is 2. The third-order valence-electron chi connectivity index (χ3n) is 3.15. The third-order valence-corrected chi connectivity index (χ3v) is 3.15. The number of allylic oxidation sites excluding steroid dienone is 1. The van der Waals surface area contributed by atoms with Crippen molar-refractivity contribution in [3.8, 4) is 17.2 Å². The van der Waals surface area contributed by atoms with E-state index < -0.39 is 0 Å². The summed E-state index contributed by atoms with van der Waals surface area (Å²) in [6.45, 7) is 0.161. The van der Waals surface area contributed by atoms with E-state index in [-0.39, 0.29) is 19.3 Å². The van der Waals surface area contributed by atoms with Gasteiger partial charge in [-0.1, -0.05) is 30.3 Å². The van der Waals surface area contributed by atoms with E-state index in [1.807, 2.05) is 42.5 Å². The number of nitrogens with zero attached hydrogens (tertiary/aromatic N) is 1. The van der Waals surface area contributed by atoms with Crippen molar-refractivity contribution in [2.75, 3.05) is 13.4 Å². The van der Waals surface area contributed by atoms with Crippen LogP contribution >= 0.6 is 0 Å². The van der Waals surface area contributed by atoms with Crippen molar-refractivity contribution in [2.45, 2.75) is 0 Å². The molecule has 0 fully saturated rings. The van der Waals surface area contributed by atoms with Crippen molar-refractivity contribution in [1.82, 2.24) is 5.43 Å². The molecule has 0 spiro atoms. The highest BCUT2D eigenvalue weighted by Gasteiger charge is 2.11. The molecule has 0 aromatic heterocycles. The maximum atomic E-state index is 11.6. The van der Waals surface area contributed by atoms with Crippen LogP contribution in [-0.2, 0) is 4.79 Å². The zero-order chi connectivity index (χ0) is 16.6. The maximum Gasteiger partial charge on any atom is 0.277 e. The van der Waals surface area contributed by atoms with Gasteiger partial charge in [0, 0.05) is 6.21 Å². The van der Waals surface area contributed by atoms with Crippen LogP contribution in [0, 0.1) is 0 Å². The van der Waals surface area contributed by atoms with Gasteiger partial charge in [-0.15, -0.1) is 0 Å². The molecule has 6 nitrogen and oxygen atoms in total. The first-order chi connectivity index (χ1) is 11.8. The van der Waals surface area contributed by atoms with Crippen LogP contribution in [0.1, 0.15) is 5.56 Å². The molecular weight excluding hydrogens is 308 g/mol. The zero-order valence-corrected chi connectivity index (χ0v) is 12.8. The van der Waals surface area contributed by atoms with Crippen molar-refractivity contribution in [2.24, 2.45) is 5.10 Å². The second-order valence-electron chi connectivity index (χ2n) is 4.89. The summed E-state index contributed by atoms with van der Waals surface area (Å²) in [7, 11) is 0. The molecule has 0 bridgehead atoms. The summed E-state index contributed by atoms with van der Waals surface area (Å²) in [5.41, 5.74) is 3.34. The van der Waals surface area contributed by atoms with Gasteiger partial charge < -0.3 is 14.2 Å². The molecule has 24 heavy (non-hydrogen) atoms. The van der Waals surface area contributed by atoms with E-state index in [9.17, 15) is 4.79 Å². The second kappa shape index (κ2) is 7.82. The monoisotopic (exact) mass is 324 g/mol. The predicted octanol–water partition coefficient (Wildman–Crippen LogP) is 2.61. The molecule has 0 radical (unpaired) electrons. The Hall–Kier alpha value is -3.28. The van der Waals surface area contributed by atoms with E-state index in [1.54, 1.807) is 18.2 Å². The lowest BCUT2D eigenvalue weighted by atomic mass is 10.2. The molecule has 1 aliphatic heterocycles. The average molecular weight is 324 g/mol. The van der Waals surface area contributed by atoms with Crippen molar-refractivity contribution in [1.29, 1.82) is 0 Å². The third kappa shape index (κ3) is 4.36. The highest BCUT2D eigenvalue weighted by atomic mass is 16.7. The SMILES string of the molecule is O=C(COc1ccccc1)NN=CC=Cc1ccc2c(c1)OCO2. The summed E-state index contributed by atoms with van der Waals surface area (Å²) in [4.78, 5) is 11.6. The van der Waals surface area contributed by atoms with Gasteiger partial charge >= 0.3 is 0 Å². The van der Waals surface area contributed by atoms with E-state index in [0.29, 0.717) is 5.75 Å². The Kier molecular flexibility index (Phi) is 5.09.